The first-order valence-corrected chi connectivity index (χ1v) is 12.6. The lowest BCUT2D eigenvalue weighted by Crippen LogP contribution is -2.24. The predicted molar refractivity (Wildman–Crippen MR) is 142 cm³/mol. The van der Waals surface area contributed by atoms with Crippen LogP contribution in [0, 0.1) is 0 Å². The molecular formula is C28H21ClF2N4O5. The van der Waals surface area contributed by atoms with E-state index in [4.69, 9.17) is 21.3 Å². The summed E-state index contributed by atoms with van der Waals surface area (Å²) in [5, 5.41) is 2.74. The highest BCUT2D eigenvalue weighted by Crippen LogP contribution is 2.37. The first kappa shape index (κ1) is 25.9. The van der Waals surface area contributed by atoms with Crippen molar-refractivity contribution in [3.05, 3.63) is 77.1 Å². The first-order chi connectivity index (χ1) is 19.0. The van der Waals surface area contributed by atoms with E-state index >= 15 is 0 Å². The molecule has 4 aromatic rings. The molecule has 1 N–H and O–H groups in total. The molecule has 6 rings (SSSR count). The van der Waals surface area contributed by atoms with Crippen LogP contribution in [0.25, 0.3) is 22.2 Å². The van der Waals surface area contributed by atoms with Gasteiger partial charge in [-0.25, -0.2) is 4.98 Å². The van der Waals surface area contributed by atoms with Gasteiger partial charge in [-0.05, 0) is 61.0 Å². The summed E-state index contributed by atoms with van der Waals surface area (Å²) < 4.78 is 37.9. The van der Waals surface area contributed by atoms with Gasteiger partial charge in [0.15, 0.2) is 0 Å². The first-order valence-electron chi connectivity index (χ1n) is 12.3. The number of imidazole rings is 1. The largest absolute Gasteiger partial charge is 0.487 e. The Morgan fingerprint density at radius 3 is 2.52 bits per heavy atom. The number of nitrogens with one attached hydrogen (secondary N) is 1. The SMILES string of the molecule is C[C@@H]1COCc2nc3cc(C(=O)Nc4ccc(OC(F)(F)Cl)cc4)cc(-c4ccc5c(c4)C(=O)N(C)C5=O)c3n21. The van der Waals surface area contributed by atoms with Gasteiger partial charge in [-0.15, -0.1) is 8.78 Å². The van der Waals surface area contributed by atoms with Gasteiger partial charge in [-0.3, -0.25) is 19.3 Å². The van der Waals surface area contributed by atoms with Gasteiger partial charge in [0.2, 0.25) is 0 Å². The highest BCUT2D eigenvalue weighted by atomic mass is 35.5. The molecule has 3 heterocycles. The third kappa shape index (κ3) is 4.46. The summed E-state index contributed by atoms with van der Waals surface area (Å²) in [6.45, 7) is 2.79. The third-order valence-electron chi connectivity index (χ3n) is 6.90. The maximum Gasteiger partial charge on any atom is 0.487 e. The molecule has 2 aliphatic rings. The quantitative estimate of drug-likeness (QED) is 0.255. The van der Waals surface area contributed by atoms with E-state index in [2.05, 4.69) is 14.6 Å². The molecule has 3 amide bonds. The smallest absolute Gasteiger partial charge is 0.420 e. The second-order valence-corrected chi connectivity index (χ2v) is 10.0. The van der Waals surface area contributed by atoms with Crippen LogP contribution in [0.1, 0.15) is 49.9 Å². The Morgan fingerprint density at radius 1 is 1.07 bits per heavy atom. The van der Waals surface area contributed by atoms with Crippen molar-refractivity contribution in [1.29, 1.82) is 0 Å². The number of ether oxygens (including phenoxy) is 2. The van der Waals surface area contributed by atoms with Crippen LogP contribution in [0.3, 0.4) is 0 Å². The van der Waals surface area contributed by atoms with E-state index in [0.717, 1.165) is 10.4 Å². The van der Waals surface area contributed by atoms with Crippen molar-refractivity contribution in [3.63, 3.8) is 0 Å². The minimum atomic E-state index is -3.85. The lowest BCUT2D eigenvalue weighted by atomic mass is 9.96. The molecule has 12 heteroatoms. The normalized spacial score (nSPS) is 16.7. The summed E-state index contributed by atoms with van der Waals surface area (Å²) >= 11 is 4.81. The number of rotatable bonds is 5. The van der Waals surface area contributed by atoms with Crippen molar-refractivity contribution in [2.75, 3.05) is 19.0 Å². The van der Waals surface area contributed by atoms with Gasteiger partial charge in [0.1, 0.15) is 18.2 Å². The fraction of sp³-hybridized carbons (Fsp3) is 0.214. The molecule has 0 saturated carbocycles. The number of alkyl halides is 3. The number of hydrogen-bond donors (Lipinski definition) is 1. The van der Waals surface area contributed by atoms with Gasteiger partial charge in [0.25, 0.3) is 17.7 Å². The molecule has 3 aromatic carbocycles. The van der Waals surface area contributed by atoms with Crippen LogP contribution < -0.4 is 10.1 Å². The molecule has 204 valence electrons. The van der Waals surface area contributed by atoms with Gasteiger partial charge in [-0.1, -0.05) is 6.07 Å². The van der Waals surface area contributed by atoms with Crippen LogP contribution in [-0.2, 0) is 11.3 Å². The number of benzene rings is 3. The average molecular weight is 567 g/mol. The van der Waals surface area contributed by atoms with Crippen molar-refractivity contribution in [3.8, 4) is 16.9 Å². The zero-order valence-electron chi connectivity index (χ0n) is 21.2. The van der Waals surface area contributed by atoms with Gasteiger partial charge in [-0.2, -0.15) is 0 Å². The Bertz CT molecular complexity index is 1710. The summed E-state index contributed by atoms with van der Waals surface area (Å²) in [5.41, 5.74) is -0.00908. The van der Waals surface area contributed by atoms with E-state index in [0.29, 0.717) is 46.9 Å². The number of carbonyl (C=O) groups excluding carboxylic acids is 3. The van der Waals surface area contributed by atoms with Crippen LogP contribution in [-0.4, -0.2) is 51.4 Å². The summed E-state index contributed by atoms with van der Waals surface area (Å²) in [6.07, 6.45) is 0. The van der Waals surface area contributed by atoms with Gasteiger partial charge < -0.3 is 19.4 Å². The molecule has 1 atom stereocenters. The third-order valence-corrected chi connectivity index (χ3v) is 6.98. The maximum absolute atomic E-state index is 13.3. The summed E-state index contributed by atoms with van der Waals surface area (Å²) in [4.78, 5) is 44.3. The van der Waals surface area contributed by atoms with E-state index in [9.17, 15) is 23.2 Å². The number of amides is 3. The van der Waals surface area contributed by atoms with Crippen LogP contribution in [0.4, 0.5) is 14.5 Å². The molecule has 40 heavy (non-hydrogen) atoms. The second kappa shape index (κ2) is 9.39. The summed E-state index contributed by atoms with van der Waals surface area (Å²) in [5.74, 6) is -0.711. The molecule has 0 bridgehead atoms. The van der Waals surface area contributed by atoms with Crippen molar-refractivity contribution >= 4 is 46.0 Å². The van der Waals surface area contributed by atoms with E-state index in [1.165, 1.54) is 31.3 Å². The Kier molecular flexibility index (Phi) is 6.08. The van der Waals surface area contributed by atoms with Crippen LogP contribution >= 0.6 is 11.6 Å². The number of anilines is 1. The topological polar surface area (TPSA) is 103 Å². The van der Waals surface area contributed by atoms with E-state index < -0.39 is 17.4 Å². The summed E-state index contributed by atoms with van der Waals surface area (Å²) in [6, 6.07) is 13.7. The lowest BCUT2D eigenvalue weighted by molar-refractivity contribution is -0.0964. The standard InChI is InChI=1S/C28H21ClF2N4O5/c1-14-12-39-13-23-33-22-11-16(25(36)32-17-4-6-18(7-5-17)40-28(29,30)31)10-20(24(22)35(14)23)15-3-8-19-21(9-15)27(38)34(2)26(19)37/h3-11,14H,12-13H2,1-2H3,(H,32,36)/t14-/m1/s1. The monoisotopic (exact) mass is 566 g/mol. The van der Waals surface area contributed by atoms with Crippen LogP contribution in [0.2, 0.25) is 0 Å². The highest BCUT2D eigenvalue weighted by Gasteiger charge is 2.33. The number of hydrogen-bond acceptors (Lipinski definition) is 6. The van der Waals surface area contributed by atoms with Crippen molar-refractivity contribution in [2.24, 2.45) is 0 Å². The number of imide groups is 1. The molecule has 2 aliphatic heterocycles. The van der Waals surface area contributed by atoms with Crippen LogP contribution in [0.5, 0.6) is 5.75 Å². The highest BCUT2D eigenvalue weighted by molar-refractivity contribution is 6.22. The number of aromatic nitrogens is 2. The summed E-state index contributed by atoms with van der Waals surface area (Å²) in [7, 11) is 1.43. The van der Waals surface area contributed by atoms with E-state index in [1.54, 1.807) is 30.3 Å². The number of carbonyl (C=O) groups is 3. The molecular weight excluding hydrogens is 546 g/mol. The Morgan fingerprint density at radius 2 is 1.80 bits per heavy atom. The molecule has 0 saturated heterocycles. The molecule has 0 unspecified atom stereocenters. The molecule has 1 aromatic heterocycles. The fourth-order valence-corrected chi connectivity index (χ4v) is 5.16. The minimum absolute atomic E-state index is 0.0305. The number of halogens is 3. The second-order valence-electron chi connectivity index (χ2n) is 9.61. The Hall–Kier alpha value is -4.35. The van der Waals surface area contributed by atoms with Gasteiger partial charge in [0.05, 0.1) is 34.8 Å². The molecule has 0 spiro atoms. The minimum Gasteiger partial charge on any atom is -0.420 e. The Labute approximate surface area is 231 Å². The average Bonchev–Trinajstić information content (AvgIpc) is 3.40. The van der Waals surface area contributed by atoms with E-state index in [-0.39, 0.29) is 28.8 Å². The lowest BCUT2D eigenvalue weighted by Gasteiger charge is -2.23. The molecule has 0 fully saturated rings. The van der Waals surface area contributed by atoms with Gasteiger partial charge >= 0.3 is 5.57 Å². The number of fused-ring (bicyclic) bond motifs is 4. The molecule has 0 radical (unpaired) electrons. The Balaban J connectivity index is 1.43. The zero-order chi connectivity index (χ0) is 28.3. The van der Waals surface area contributed by atoms with E-state index in [1.807, 2.05) is 6.92 Å². The fourth-order valence-electron chi connectivity index (χ4n) is 5.07. The predicted octanol–water partition coefficient (Wildman–Crippen LogP) is 5.44. The van der Waals surface area contributed by atoms with Gasteiger partial charge in [0, 0.05) is 35.5 Å². The van der Waals surface area contributed by atoms with Crippen molar-refractivity contribution < 1.29 is 32.6 Å². The maximum atomic E-state index is 13.3. The number of nitrogens with zero attached hydrogens (tertiary/aromatic N) is 3. The molecule has 0 aliphatic carbocycles. The van der Waals surface area contributed by atoms with Crippen molar-refractivity contribution in [1.82, 2.24) is 14.5 Å². The van der Waals surface area contributed by atoms with Crippen molar-refractivity contribution in [2.45, 2.75) is 25.1 Å². The zero-order valence-corrected chi connectivity index (χ0v) is 22.0. The molecule has 9 nitrogen and oxygen atoms in total. The van der Waals surface area contributed by atoms with Crippen LogP contribution in [0.15, 0.2) is 54.6 Å².